The standard InChI is InChI=1S/C19H23ClN2O3S/c1-4-19(23)21-13-18(14-5-9-16(10-6-14)22(2)3)26(24,25)17-11-7-15(20)8-12-17/h5-12,18H,4,13H2,1-3H3,(H,21,23)/t18-/m0/s1. The summed E-state index contributed by atoms with van der Waals surface area (Å²) in [6, 6.07) is 13.4. The highest BCUT2D eigenvalue weighted by atomic mass is 35.5. The van der Waals surface area contributed by atoms with Gasteiger partial charge in [0.2, 0.25) is 5.91 Å². The second kappa shape index (κ2) is 8.56. The molecule has 0 fully saturated rings. The minimum Gasteiger partial charge on any atom is -0.378 e. The molecule has 0 saturated carbocycles. The summed E-state index contributed by atoms with van der Waals surface area (Å²) in [5.74, 6) is -0.189. The van der Waals surface area contributed by atoms with Gasteiger partial charge >= 0.3 is 0 Å². The molecule has 0 radical (unpaired) electrons. The Morgan fingerprint density at radius 1 is 1.08 bits per heavy atom. The number of nitrogens with zero attached hydrogens (tertiary/aromatic N) is 1. The SMILES string of the molecule is CCC(=O)NC[C@@H](c1ccc(N(C)C)cc1)S(=O)(=O)c1ccc(Cl)cc1. The van der Waals surface area contributed by atoms with Crippen molar-refractivity contribution in [3.63, 3.8) is 0 Å². The van der Waals surface area contributed by atoms with Crippen molar-refractivity contribution in [3.8, 4) is 0 Å². The Morgan fingerprint density at radius 2 is 1.65 bits per heavy atom. The maximum Gasteiger partial charge on any atom is 0.219 e. The average Bonchev–Trinajstić information content (AvgIpc) is 2.62. The normalized spacial score (nSPS) is 12.5. The summed E-state index contributed by atoms with van der Waals surface area (Å²) in [6.07, 6.45) is 0.299. The highest BCUT2D eigenvalue weighted by molar-refractivity contribution is 7.91. The number of carbonyl (C=O) groups is 1. The number of sulfone groups is 1. The number of hydrogen-bond acceptors (Lipinski definition) is 4. The fourth-order valence-electron chi connectivity index (χ4n) is 2.51. The van der Waals surface area contributed by atoms with Crippen LogP contribution >= 0.6 is 11.6 Å². The maximum atomic E-state index is 13.2. The largest absolute Gasteiger partial charge is 0.378 e. The molecule has 1 atom stereocenters. The van der Waals surface area contributed by atoms with E-state index >= 15 is 0 Å². The van der Waals surface area contributed by atoms with E-state index in [0.717, 1.165) is 5.69 Å². The zero-order chi connectivity index (χ0) is 19.3. The van der Waals surface area contributed by atoms with Crippen LogP contribution in [0.15, 0.2) is 53.4 Å². The summed E-state index contributed by atoms with van der Waals surface area (Å²) in [4.78, 5) is 13.8. The van der Waals surface area contributed by atoms with Gasteiger partial charge in [-0.2, -0.15) is 0 Å². The average molecular weight is 395 g/mol. The van der Waals surface area contributed by atoms with Gasteiger partial charge in [0.05, 0.1) is 4.90 Å². The Kier molecular flexibility index (Phi) is 6.67. The maximum absolute atomic E-state index is 13.2. The van der Waals surface area contributed by atoms with Gasteiger partial charge in [-0.05, 0) is 42.0 Å². The van der Waals surface area contributed by atoms with Crippen molar-refractivity contribution in [2.24, 2.45) is 0 Å². The van der Waals surface area contributed by atoms with Gasteiger partial charge in [-0.15, -0.1) is 0 Å². The Bertz CT molecular complexity index is 847. The van der Waals surface area contributed by atoms with Crippen LogP contribution in [0.1, 0.15) is 24.2 Å². The molecule has 0 aliphatic rings. The summed E-state index contributed by atoms with van der Waals surface area (Å²) in [7, 11) is 0.135. The van der Waals surface area contributed by atoms with Crippen molar-refractivity contribution < 1.29 is 13.2 Å². The molecule has 0 aliphatic carbocycles. The van der Waals surface area contributed by atoms with Gasteiger partial charge in [0, 0.05) is 37.8 Å². The monoisotopic (exact) mass is 394 g/mol. The first-order valence-corrected chi connectivity index (χ1v) is 10.2. The molecule has 7 heteroatoms. The van der Waals surface area contributed by atoms with Crippen molar-refractivity contribution in [2.75, 3.05) is 25.5 Å². The summed E-state index contributed by atoms with van der Waals surface area (Å²) in [6.45, 7) is 1.74. The third kappa shape index (κ3) is 4.77. The van der Waals surface area contributed by atoms with Crippen molar-refractivity contribution in [1.29, 1.82) is 0 Å². The van der Waals surface area contributed by atoms with Crippen LogP contribution in [0.5, 0.6) is 0 Å². The van der Waals surface area contributed by atoms with Crippen LogP contribution in [-0.2, 0) is 14.6 Å². The fraction of sp³-hybridized carbons (Fsp3) is 0.316. The molecule has 0 heterocycles. The molecule has 140 valence electrons. The molecular weight excluding hydrogens is 372 g/mol. The molecule has 5 nitrogen and oxygen atoms in total. The van der Waals surface area contributed by atoms with E-state index in [4.69, 9.17) is 11.6 Å². The lowest BCUT2D eigenvalue weighted by molar-refractivity contribution is -0.120. The van der Waals surface area contributed by atoms with Gasteiger partial charge in [0.1, 0.15) is 5.25 Å². The van der Waals surface area contributed by atoms with Crippen LogP contribution < -0.4 is 10.2 Å². The van der Waals surface area contributed by atoms with Crippen molar-refractivity contribution in [1.82, 2.24) is 5.32 Å². The molecule has 1 N–H and O–H groups in total. The Hall–Kier alpha value is -2.05. The lowest BCUT2D eigenvalue weighted by Gasteiger charge is -2.20. The minimum absolute atomic E-state index is 0.0128. The molecule has 2 aromatic rings. The zero-order valence-corrected chi connectivity index (χ0v) is 16.6. The molecule has 0 aliphatic heterocycles. The topological polar surface area (TPSA) is 66.5 Å². The first-order valence-electron chi connectivity index (χ1n) is 8.29. The van der Waals surface area contributed by atoms with E-state index in [9.17, 15) is 13.2 Å². The summed E-state index contributed by atoms with van der Waals surface area (Å²) >= 11 is 5.87. The lowest BCUT2D eigenvalue weighted by atomic mass is 10.1. The van der Waals surface area contributed by atoms with Gasteiger partial charge in [0.15, 0.2) is 9.84 Å². The van der Waals surface area contributed by atoms with Gasteiger partial charge in [-0.1, -0.05) is 30.7 Å². The van der Waals surface area contributed by atoms with Gasteiger partial charge in [-0.3, -0.25) is 4.79 Å². The highest BCUT2D eigenvalue weighted by Gasteiger charge is 2.29. The Labute approximate surface area is 159 Å². The molecule has 0 bridgehead atoms. The van der Waals surface area contributed by atoms with E-state index in [1.54, 1.807) is 31.2 Å². The first kappa shape index (κ1) is 20.3. The molecule has 2 rings (SSSR count). The Morgan fingerprint density at radius 3 is 2.15 bits per heavy atom. The van der Waals surface area contributed by atoms with Gasteiger partial charge in [-0.25, -0.2) is 8.42 Å². The molecule has 0 aromatic heterocycles. The van der Waals surface area contributed by atoms with E-state index in [-0.39, 0.29) is 17.3 Å². The summed E-state index contributed by atoms with van der Waals surface area (Å²) in [5, 5.41) is 2.29. The number of anilines is 1. The van der Waals surface area contributed by atoms with E-state index in [2.05, 4.69) is 5.32 Å². The predicted octanol–water partition coefficient (Wildman–Crippen LogP) is 3.45. The van der Waals surface area contributed by atoms with Gasteiger partial charge < -0.3 is 10.2 Å². The van der Waals surface area contributed by atoms with Crippen LogP contribution in [0, 0.1) is 0 Å². The molecule has 1 amide bonds. The number of nitrogens with one attached hydrogen (secondary N) is 1. The molecule has 0 spiro atoms. The third-order valence-corrected chi connectivity index (χ3v) is 6.47. The van der Waals surface area contributed by atoms with Crippen molar-refractivity contribution in [2.45, 2.75) is 23.5 Å². The predicted molar refractivity (Wildman–Crippen MR) is 105 cm³/mol. The number of halogens is 1. The second-order valence-corrected chi connectivity index (χ2v) is 8.70. The quantitative estimate of drug-likeness (QED) is 0.781. The zero-order valence-electron chi connectivity index (χ0n) is 15.1. The molecular formula is C19H23ClN2O3S. The summed E-state index contributed by atoms with van der Waals surface area (Å²) < 4.78 is 26.3. The number of amides is 1. The smallest absolute Gasteiger partial charge is 0.219 e. The number of benzene rings is 2. The number of carbonyl (C=O) groups excluding carboxylic acids is 1. The van der Waals surface area contributed by atoms with Crippen LogP contribution in [0.3, 0.4) is 0 Å². The number of hydrogen-bond donors (Lipinski definition) is 1. The minimum atomic E-state index is -3.69. The molecule has 26 heavy (non-hydrogen) atoms. The second-order valence-electron chi connectivity index (χ2n) is 6.13. The lowest BCUT2D eigenvalue weighted by Crippen LogP contribution is -2.31. The van der Waals surface area contributed by atoms with Crippen LogP contribution in [0.25, 0.3) is 0 Å². The van der Waals surface area contributed by atoms with Crippen LogP contribution in [0.2, 0.25) is 5.02 Å². The molecule has 2 aromatic carbocycles. The molecule has 0 unspecified atom stereocenters. The van der Waals surface area contributed by atoms with Crippen LogP contribution in [0.4, 0.5) is 5.69 Å². The van der Waals surface area contributed by atoms with E-state index in [1.165, 1.54) is 12.1 Å². The van der Waals surface area contributed by atoms with Gasteiger partial charge in [0.25, 0.3) is 0 Å². The summed E-state index contributed by atoms with van der Waals surface area (Å²) in [5.41, 5.74) is 1.59. The molecule has 0 saturated heterocycles. The fourth-order valence-corrected chi connectivity index (χ4v) is 4.30. The van der Waals surface area contributed by atoms with Crippen molar-refractivity contribution >= 4 is 33.0 Å². The third-order valence-electron chi connectivity index (χ3n) is 4.10. The van der Waals surface area contributed by atoms with Crippen LogP contribution in [-0.4, -0.2) is 35.0 Å². The van der Waals surface area contributed by atoms with Crippen molar-refractivity contribution in [3.05, 3.63) is 59.1 Å². The van der Waals surface area contributed by atoms with E-state index < -0.39 is 15.1 Å². The Balaban J connectivity index is 2.42. The number of rotatable bonds is 7. The van der Waals surface area contributed by atoms with E-state index in [0.29, 0.717) is 17.0 Å². The van der Waals surface area contributed by atoms with E-state index in [1.807, 2.05) is 31.1 Å². The highest BCUT2D eigenvalue weighted by Crippen LogP contribution is 2.30. The first-order chi connectivity index (χ1) is 12.3.